The Hall–Kier alpha value is -3.13. The lowest BCUT2D eigenvalue weighted by Gasteiger charge is -2.41. The van der Waals surface area contributed by atoms with Crippen molar-refractivity contribution in [2.45, 2.75) is 92.5 Å². The Labute approximate surface area is 273 Å². The van der Waals surface area contributed by atoms with Crippen molar-refractivity contribution in [3.63, 3.8) is 0 Å². The molecule has 2 aliphatic heterocycles. The maximum Gasteiger partial charge on any atom is 0.337 e. The predicted molar refractivity (Wildman–Crippen MR) is 181 cm³/mol. The molecule has 1 fully saturated rings. The second kappa shape index (κ2) is 12.9. The predicted octanol–water partition coefficient (Wildman–Crippen LogP) is 8.15. The fourth-order valence-electron chi connectivity index (χ4n) is 6.73. The van der Waals surface area contributed by atoms with Gasteiger partial charge >= 0.3 is 5.97 Å². The van der Waals surface area contributed by atoms with Gasteiger partial charge in [0.05, 0.1) is 23.4 Å². The summed E-state index contributed by atoms with van der Waals surface area (Å²) in [6, 6.07) is 12.6. The number of piperidine rings is 1. The minimum absolute atomic E-state index is 0.245. The van der Waals surface area contributed by atoms with E-state index >= 15 is 0 Å². The third kappa shape index (κ3) is 7.32. The second-order valence-corrected chi connectivity index (χ2v) is 14.8. The van der Waals surface area contributed by atoms with Crippen molar-refractivity contribution in [3.05, 3.63) is 75.1 Å². The van der Waals surface area contributed by atoms with Gasteiger partial charge in [0, 0.05) is 55.2 Å². The Morgan fingerprint density at radius 3 is 2.42 bits per heavy atom. The van der Waals surface area contributed by atoms with E-state index in [9.17, 15) is 9.90 Å². The summed E-state index contributed by atoms with van der Waals surface area (Å²) in [6.07, 6.45) is 1.84. The fourth-order valence-corrected chi connectivity index (χ4v) is 7.00. The number of hydrogen-bond donors (Lipinski definition) is 1. The highest BCUT2D eigenvalue weighted by Crippen LogP contribution is 2.45. The van der Waals surface area contributed by atoms with Crippen molar-refractivity contribution in [1.82, 2.24) is 9.88 Å². The Bertz CT molecular complexity index is 1570. The number of anilines is 1. The number of fused-ring (bicyclic) bond motifs is 1. The topological polar surface area (TPSA) is 75.1 Å². The van der Waals surface area contributed by atoms with E-state index in [2.05, 4.69) is 47.9 Å². The number of aromatic nitrogens is 1. The molecule has 1 N–H and O–H groups in total. The molecule has 242 valence electrons. The number of carbonyl (C=O) groups is 1. The largest absolute Gasteiger partial charge is 0.495 e. The first kappa shape index (κ1) is 33.2. The molecule has 0 saturated carbocycles. The van der Waals surface area contributed by atoms with E-state index in [1.165, 1.54) is 11.1 Å². The maximum atomic E-state index is 12.8. The molecule has 3 heterocycles. The van der Waals surface area contributed by atoms with Crippen LogP contribution in [0.25, 0.3) is 11.1 Å². The highest BCUT2D eigenvalue weighted by molar-refractivity contribution is 6.32. The standard InChI is InChI=1S/C37H48ClN3O4/c1-23-30(26-12-13-27-21-40(17-14-25(27)20-26)22-28-10-9-11-29(44-8)32(28)38)33(41-18-15-37(6,7)16-19-41)31(24(2)39-23)34(35(42)43)45-36(3,4)5/h9-13,20,34H,14-19,21-22H2,1-8H3,(H,42,43). The number of nitrogens with zero attached hydrogens (tertiary/aromatic N) is 3. The smallest absolute Gasteiger partial charge is 0.337 e. The SMILES string of the molecule is COc1cccc(CN2CCc3cc(-c4c(C)nc(C)c(C(OC(C)(C)C)C(=O)O)c4N4CCC(C)(C)CC4)ccc3C2)c1Cl. The molecule has 1 atom stereocenters. The summed E-state index contributed by atoms with van der Waals surface area (Å²) in [7, 11) is 1.64. The molecule has 7 nitrogen and oxygen atoms in total. The second-order valence-electron chi connectivity index (χ2n) is 14.4. The van der Waals surface area contributed by atoms with E-state index in [4.69, 9.17) is 26.1 Å². The lowest BCUT2D eigenvalue weighted by atomic mass is 9.81. The number of ether oxygens (including phenoxy) is 2. The summed E-state index contributed by atoms with van der Waals surface area (Å²) in [5.74, 6) is -0.298. The third-order valence-electron chi connectivity index (χ3n) is 9.21. The minimum Gasteiger partial charge on any atom is -0.495 e. The van der Waals surface area contributed by atoms with E-state index in [-0.39, 0.29) is 5.41 Å². The molecule has 1 unspecified atom stereocenters. The van der Waals surface area contributed by atoms with Gasteiger partial charge in [-0.2, -0.15) is 0 Å². The van der Waals surface area contributed by atoms with Crippen molar-refractivity contribution in [3.8, 4) is 16.9 Å². The molecule has 2 aromatic carbocycles. The van der Waals surface area contributed by atoms with Gasteiger partial charge < -0.3 is 19.5 Å². The summed E-state index contributed by atoms with van der Waals surface area (Å²) in [5.41, 5.74) is 8.58. The summed E-state index contributed by atoms with van der Waals surface area (Å²) < 4.78 is 11.7. The third-order valence-corrected chi connectivity index (χ3v) is 9.64. The van der Waals surface area contributed by atoms with Crippen molar-refractivity contribution in [1.29, 1.82) is 0 Å². The highest BCUT2D eigenvalue weighted by Gasteiger charge is 2.36. The molecular formula is C37H48ClN3O4. The van der Waals surface area contributed by atoms with Gasteiger partial charge in [0.25, 0.3) is 0 Å². The molecule has 0 spiro atoms. The first-order valence-electron chi connectivity index (χ1n) is 16.0. The number of halogens is 1. The van der Waals surface area contributed by atoms with Crippen molar-refractivity contribution in [2.75, 3.05) is 31.6 Å². The van der Waals surface area contributed by atoms with Gasteiger partial charge in [-0.05, 0) is 87.6 Å². The fraction of sp³-hybridized carbons (Fsp3) is 0.514. The molecule has 8 heteroatoms. The molecule has 3 aromatic rings. The molecule has 0 amide bonds. The normalized spacial score (nSPS) is 17.6. The number of methoxy groups -OCH3 is 1. The number of rotatable bonds is 8. The average molecular weight is 634 g/mol. The van der Waals surface area contributed by atoms with Crippen LogP contribution in [0.4, 0.5) is 5.69 Å². The van der Waals surface area contributed by atoms with Crippen LogP contribution in [0.3, 0.4) is 0 Å². The summed E-state index contributed by atoms with van der Waals surface area (Å²) in [5, 5.41) is 11.2. The van der Waals surface area contributed by atoms with Crippen LogP contribution in [-0.4, -0.2) is 53.3 Å². The van der Waals surface area contributed by atoms with Crippen molar-refractivity contribution >= 4 is 23.3 Å². The molecule has 0 radical (unpaired) electrons. The first-order valence-corrected chi connectivity index (χ1v) is 16.4. The van der Waals surface area contributed by atoms with Gasteiger partial charge in [-0.25, -0.2) is 4.79 Å². The number of aryl methyl sites for hydroxylation is 2. The first-order chi connectivity index (χ1) is 21.2. The van der Waals surface area contributed by atoms with Gasteiger partial charge in [0.1, 0.15) is 5.75 Å². The minimum atomic E-state index is -1.13. The summed E-state index contributed by atoms with van der Waals surface area (Å²) in [6.45, 7) is 18.5. The quantitative estimate of drug-likeness (QED) is 0.268. The Morgan fingerprint density at radius 1 is 1.07 bits per heavy atom. The molecule has 0 bridgehead atoms. The number of carboxylic acids is 1. The summed E-state index contributed by atoms with van der Waals surface area (Å²) >= 11 is 6.62. The van der Waals surface area contributed by atoms with Crippen LogP contribution >= 0.6 is 11.6 Å². The monoisotopic (exact) mass is 633 g/mol. The average Bonchev–Trinajstić information content (AvgIpc) is 2.96. The highest BCUT2D eigenvalue weighted by atomic mass is 35.5. The molecule has 0 aliphatic carbocycles. The van der Waals surface area contributed by atoms with E-state index in [0.717, 1.165) is 80.1 Å². The molecule has 45 heavy (non-hydrogen) atoms. The van der Waals surface area contributed by atoms with Gasteiger partial charge in [0.2, 0.25) is 0 Å². The van der Waals surface area contributed by atoms with E-state index in [1.807, 2.05) is 46.8 Å². The van der Waals surface area contributed by atoms with E-state index in [1.54, 1.807) is 7.11 Å². The van der Waals surface area contributed by atoms with Crippen LogP contribution in [0.2, 0.25) is 5.02 Å². The number of aliphatic carboxylic acids is 1. The molecular weight excluding hydrogens is 586 g/mol. The zero-order chi connectivity index (χ0) is 32.7. The Balaban J connectivity index is 1.55. The molecule has 1 saturated heterocycles. The molecule has 2 aliphatic rings. The van der Waals surface area contributed by atoms with Gasteiger partial charge in [-0.15, -0.1) is 0 Å². The van der Waals surface area contributed by atoms with Gasteiger partial charge in [-0.3, -0.25) is 9.88 Å². The van der Waals surface area contributed by atoms with Crippen LogP contribution in [0.5, 0.6) is 5.75 Å². The zero-order valence-electron chi connectivity index (χ0n) is 28.1. The lowest BCUT2D eigenvalue weighted by molar-refractivity contribution is -0.160. The number of hydrogen-bond acceptors (Lipinski definition) is 6. The Morgan fingerprint density at radius 2 is 1.78 bits per heavy atom. The molecule has 5 rings (SSSR count). The van der Waals surface area contributed by atoms with Crippen LogP contribution in [0.1, 0.15) is 87.2 Å². The van der Waals surface area contributed by atoms with Crippen LogP contribution in [0.15, 0.2) is 36.4 Å². The maximum absolute atomic E-state index is 12.8. The van der Waals surface area contributed by atoms with Crippen molar-refractivity contribution < 1.29 is 19.4 Å². The van der Waals surface area contributed by atoms with E-state index < -0.39 is 17.7 Å². The van der Waals surface area contributed by atoms with Crippen LogP contribution < -0.4 is 9.64 Å². The van der Waals surface area contributed by atoms with Gasteiger partial charge in [0.15, 0.2) is 6.10 Å². The lowest BCUT2D eigenvalue weighted by Crippen LogP contribution is -2.39. The Kier molecular flexibility index (Phi) is 9.55. The van der Waals surface area contributed by atoms with Gasteiger partial charge in [-0.1, -0.05) is 55.8 Å². The van der Waals surface area contributed by atoms with Crippen molar-refractivity contribution in [2.24, 2.45) is 5.41 Å². The van der Waals surface area contributed by atoms with Crippen LogP contribution in [-0.2, 0) is 29.0 Å². The zero-order valence-corrected chi connectivity index (χ0v) is 28.8. The number of pyridine rings is 1. The van der Waals surface area contributed by atoms with E-state index in [0.29, 0.717) is 22.0 Å². The number of benzene rings is 2. The van der Waals surface area contributed by atoms with Crippen LogP contribution in [0, 0.1) is 19.3 Å². The number of carboxylic acid groups (broad SMARTS) is 1. The summed E-state index contributed by atoms with van der Waals surface area (Å²) in [4.78, 5) is 22.6. The molecule has 1 aromatic heterocycles.